The lowest BCUT2D eigenvalue weighted by Gasteiger charge is -2.24. The maximum Gasteiger partial charge on any atom is 0.431 e. The fourth-order valence-electron chi connectivity index (χ4n) is 3.38. The molecule has 0 bridgehead atoms. The molecule has 0 saturated carbocycles. The van der Waals surface area contributed by atoms with Crippen LogP contribution in [0.4, 0.5) is 10.5 Å². The number of carboxylic acid groups (broad SMARTS) is 1. The van der Waals surface area contributed by atoms with Gasteiger partial charge in [0.25, 0.3) is 5.56 Å². The predicted octanol–water partition coefficient (Wildman–Crippen LogP) is 4.90. The molecule has 0 aliphatic rings. The van der Waals surface area contributed by atoms with E-state index in [0.29, 0.717) is 15.0 Å². The highest BCUT2D eigenvalue weighted by Crippen LogP contribution is 2.33. The summed E-state index contributed by atoms with van der Waals surface area (Å²) in [4.78, 5) is 29.5. The average Bonchev–Trinajstić information content (AvgIpc) is 2.76. The van der Waals surface area contributed by atoms with Crippen molar-refractivity contribution in [3.05, 3.63) is 92.4 Å². The Bertz CT molecular complexity index is 1570. The van der Waals surface area contributed by atoms with E-state index in [0.717, 1.165) is 16.6 Å². The minimum Gasteiger partial charge on any atom is -0.463 e. The van der Waals surface area contributed by atoms with Crippen molar-refractivity contribution in [2.24, 2.45) is 0 Å². The van der Waals surface area contributed by atoms with Crippen molar-refractivity contribution >= 4 is 60.1 Å². The van der Waals surface area contributed by atoms with Gasteiger partial charge in [0.1, 0.15) is 6.33 Å². The van der Waals surface area contributed by atoms with Gasteiger partial charge in [-0.15, -0.1) is 0 Å². The van der Waals surface area contributed by atoms with Gasteiger partial charge in [-0.2, -0.15) is 9.69 Å². The van der Waals surface area contributed by atoms with Gasteiger partial charge in [0, 0.05) is 9.50 Å². The number of fused-ring (bicyclic) bond motifs is 1. The zero-order valence-electron chi connectivity index (χ0n) is 16.9. The molecule has 0 unspecified atom stereocenters. The molecule has 3 aromatic carbocycles. The van der Waals surface area contributed by atoms with Crippen LogP contribution in [-0.4, -0.2) is 29.3 Å². The van der Waals surface area contributed by atoms with Crippen LogP contribution in [0.5, 0.6) is 0 Å². The minimum atomic E-state index is -4.15. The van der Waals surface area contributed by atoms with Crippen molar-refractivity contribution in [3.8, 4) is 0 Å². The molecule has 168 valence electrons. The van der Waals surface area contributed by atoms with E-state index in [1.165, 1.54) is 30.3 Å². The molecule has 0 radical (unpaired) electrons. The maximum absolute atomic E-state index is 13.3. The number of aryl methyl sites for hydroxylation is 1. The van der Waals surface area contributed by atoms with Gasteiger partial charge in [-0.3, -0.25) is 4.79 Å². The van der Waals surface area contributed by atoms with E-state index >= 15 is 0 Å². The van der Waals surface area contributed by atoms with Gasteiger partial charge >= 0.3 is 6.09 Å². The first-order valence-corrected chi connectivity index (χ1v) is 12.1. The number of amides is 1. The van der Waals surface area contributed by atoms with Crippen molar-refractivity contribution in [2.75, 3.05) is 5.01 Å². The molecule has 1 heterocycles. The summed E-state index contributed by atoms with van der Waals surface area (Å²) in [6.45, 7) is 1.78. The summed E-state index contributed by atoms with van der Waals surface area (Å²) in [6, 6.07) is 14.6. The van der Waals surface area contributed by atoms with Crippen molar-refractivity contribution in [1.29, 1.82) is 0 Å². The van der Waals surface area contributed by atoms with Gasteiger partial charge in [0.05, 0.1) is 26.4 Å². The third-order valence-corrected chi connectivity index (χ3v) is 7.49. The molecule has 11 heteroatoms. The molecule has 4 aromatic rings. The van der Waals surface area contributed by atoms with E-state index in [9.17, 15) is 23.1 Å². The lowest BCUT2D eigenvalue weighted by atomic mass is 10.2. The number of sulfone groups is 1. The quantitative estimate of drug-likeness (QED) is 0.388. The maximum atomic E-state index is 13.3. The Kier molecular flexibility index (Phi) is 6.00. The van der Waals surface area contributed by atoms with E-state index < -0.39 is 21.5 Å². The molecular formula is C22H15BrClN3O5S. The second-order valence-electron chi connectivity index (χ2n) is 7.06. The van der Waals surface area contributed by atoms with Crippen LogP contribution in [0.15, 0.2) is 86.0 Å². The molecule has 0 atom stereocenters. The fourth-order valence-corrected chi connectivity index (χ4v) is 5.66. The monoisotopic (exact) mass is 547 g/mol. The average molecular weight is 549 g/mol. The second kappa shape index (κ2) is 8.62. The predicted molar refractivity (Wildman–Crippen MR) is 128 cm³/mol. The molecule has 1 N–H and O–H groups in total. The van der Waals surface area contributed by atoms with Crippen LogP contribution in [0.1, 0.15) is 5.56 Å². The number of benzene rings is 3. The smallest absolute Gasteiger partial charge is 0.431 e. The summed E-state index contributed by atoms with van der Waals surface area (Å²) in [5.41, 5.74) is 0.0852. The van der Waals surface area contributed by atoms with Crippen LogP contribution in [0.2, 0.25) is 5.02 Å². The van der Waals surface area contributed by atoms with Crippen molar-refractivity contribution in [3.63, 3.8) is 0 Å². The molecule has 0 aliphatic carbocycles. The van der Waals surface area contributed by atoms with Gasteiger partial charge in [-0.1, -0.05) is 29.8 Å². The zero-order valence-corrected chi connectivity index (χ0v) is 20.1. The van der Waals surface area contributed by atoms with E-state index in [2.05, 4.69) is 20.9 Å². The summed E-state index contributed by atoms with van der Waals surface area (Å²) in [5.74, 6) is 0. The first kappa shape index (κ1) is 23.0. The number of aromatic nitrogens is 2. The topological polar surface area (TPSA) is 110 Å². The number of carbonyl (C=O) groups is 1. The molecule has 0 fully saturated rings. The van der Waals surface area contributed by atoms with Crippen LogP contribution in [-0.2, 0) is 9.84 Å². The van der Waals surface area contributed by atoms with Crippen molar-refractivity contribution in [2.45, 2.75) is 16.7 Å². The third-order valence-electron chi connectivity index (χ3n) is 4.83. The SMILES string of the molecule is Cc1cc(Br)c2ncn(N(C(=O)O)c3cc(Cl)ccc3S(=O)(=O)c3ccccc3)c(=O)c2c1. The third kappa shape index (κ3) is 4.12. The lowest BCUT2D eigenvalue weighted by molar-refractivity contribution is 0.198. The largest absolute Gasteiger partial charge is 0.463 e. The van der Waals surface area contributed by atoms with Crippen molar-refractivity contribution in [1.82, 2.24) is 9.66 Å². The molecule has 33 heavy (non-hydrogen) atoms. The Labute approximate surface area is 201 Å². The van der Waals surface area contributed by atoms with Crippen LogP contribution >= 0.6 is 27.5 Å². The Hall–Kier alpha value is -3.21. The molecular weight excluding hydrogens is 534 g/mol. The standard InChI is InChI=1S/C22H15BrClN3O5S/c1-13-9-16-20(17(23)10-13)25-12-26(21(16)28)27(22(29)30)18-11-14(24)7-8-19(18)33(31,32)15-5-3-2-4-6-15/h2-12H,1H3,(H,29,30). The number of anilines is 1. The normalized spacial score (nSPS) is 11.5. The van der Waals surface area contributed by atoms with Crippen LogP contribution in [0, 0.1) is 6.92 Å². The fraction of sp³-hybridized carbons (Fsp3) is 0.0455. The highest BCUT2D eigenvalue weighted by atomic mass is 79.9. The summed E-state index contributed by atoms with van der Waals surface area (Å²) >= 11 is 9.45. The van der Waals surface area contributed by atoms with E-state index in [-0.39, 0.29) is 25.9 Å². The molecule has 8 nitrogen and oxygen atoms in total. The van der Waals surface area contributed by atoms with Gasteiger partial charge in [-0.25, -0.2) is 18.2 Å². The lowest BCUT2D eigenvalue weighted by Crippen LogP contribution is -2.43. The summed E-state index contributed by atoms with van der Waals surface area (Å²) in [7, 11) is -4.15. The highest BCUT2D eigenvalue weighted by molar-refractivity contribution is 9.10. The Balaban J connectivity index is 2.02. The molecule has 0 aliphatic heterocycles. The first-order chi connectivity index (χ1) is 15.6. The van der Waals surface area contributed by atoms with Crippen LogP contribution in [0.3, 0.4) is 0 Å². The highest BCUT2D eigenvalue weighted by Gasteiger charge is 2.29. The van der Waals surface area contributed by atoms with E-state index in [1.54, 1.807) is 37.3 Å². The summed E-state index contributed by atoms with van der Waals surface area (Å²) in [5, 5.41) is 10.8. The zero-order chi connectivity index (χ0) is 23.9. The second-order valence-corrected chi connectivity index (χ2v) is 10.3. The Morgan fingerprint density at radius 1 is 1.12 bits per heavy atom. The van der Waals surface area contributed by atoms with Crippen LogP contribution < -0.4 is 10.6 Å². The van der Waals surface area contributed by atoms with Gasteiger partial charge < -0.3 is 5.11 Å². The first-order valence-electron chi connectivity index (χ1n) is 9.42. The Morgan fingerprint density at radius 2 is 1.82 bits per heavy atom. The van der Waals surface area contributed by atoms with Crippen molar-refractivity contribution < 1.29 is 18.3 Å². The van der Waals surface area contributed by atoms with Gasteiger partial charge in [0.15, 0.2) is 0 Å². The molecule has 0 saturated heterocycles. The van der Waals surface area contributed by atoms with Crippen LogP contribution in [0.25, 0.3) is 10.9 Å². The number of nitrogens with zero attached hydrogens (tertiary/aromatic N) is 3. The number of rotatable bonds is 4. The number of hydrogen-bond donors (Lipinski definition) is 1. The van der Waals surface area contributed by atoms with E-state index in [4.69, 9.17) is 11.6 Å². The molecule has 1 aromatic heterocycles. The Morgan fingerprint density at radius 3 is 2.48 bits per heavy atom. The summed E-state index contributed by atoms with van der Waals surface area (Å²) in [6.07, 6.45) is -0.574. The molecule has 4 rings (SSSR count). The summed E-state index contributed by atoms with van der Waals surface area (Å²) < 4.78 is 28.0. The van der Waals surface area contributed by atoms with Gasteiger partial charge in [-0.05, 0) is 70.9 Å². The van der Waals surface area contributed by atoms with Gasteiger partial charge in [0.2, 0.25) is 9.84 Å². The molecule has 0 spiro atoms. The van der Waals surface area contributed by atoms with E-state index in [1.807, 2.05) is 0 Å². The number of halogens is 2. The number of hydrogen-bond acceptors (Lipinski definition) is 5. The minimum absolute atomic E-state index is 0.0394. The molecule has 1 amide bonds.